The van der Waals surface area contributed by atoms with Gasteiger partial charge in [-0.3, -0.25) is 24.5 Å². The number of allylic oxidation sites excluding steroid dienone is 1. The third kappa shape index (κ3) is 6.05. The van der Waals surface area contributed by atoms with Crippen molar-refractivity contribution in [3.63, 3.8) is 0 Å². The second-order valence-electron chi connectivity index (χ2n) is 9.37. The molecule has 3 rings (SSSR count). The zero-order chi connectivity index (χ0) is 26.5. The number of carbonyl (C=O) groups excluding carboxylic acids is 5. The first-order valence-electron chi connectivity index (χ1n) is 11.5. The lowest BCUT2D eigenvalue weighted by Crippen LogP contribution is -2.53. The molecule has 188 valence electrons. The fourth-order valence-corrected chi connectivity index (χ4v) is 3.79. The molecule has 10 nitrogen and oxygen atoms in total. The Morgan fingerprint density at radius 1 is 1.28 bits per heavy atom. The molecule has 1 aromatic rings. The molecule has 0 aromatic heterocycles. The quantitative estimate of drug-likeness (QED) is 0.213. The number of hydrogen-bond donors (Lipinski definition) is 3. The molecule has 2 aliphatic rings. The highest BCUT2D eigenvalue weighted by atomic mass is 16.2. The molecule has 0 saturated carbocycles. The summed E-state index contributed by atoms with van der Waals surface area (Å²) in [6, 6.07) is 4.17. The summed E-state index contributed by atoms with van der Waals surface area (Å²) in [7, 11) is 1.48. The van der Waals surface area contributed by atoms with E-state index >= 15 is 0 Å². The number of rotatable bonds is 8. The van der Waals surface area contributed by atoms with Gasteiger partial charge in [0.05, 0.1) is 22.6 Å². The summed E-state index contributed by atoms with van der Waals surface area (Å²) in [6.07, 6.45) is 4.41. The molecule has 2 fully saturated rings. The molecular formula is C26H29N5O5. The molecule has 10 heteroatoms. The second-order valence-corrected chi connectivity index (χ2v) is 9.37. The van der Waals surface area contributed by atoms with E-state index < -0.39 is 23.4 Å². The fraction of sp³-hybridized carbons (Fsp3) is 0.385. The first-order valence-corrected chi connectivity index (χ1v) is 11.5. The van der Waals surface area contributed by atoms with Crippen molar-refractivity contribution < 1.29 is 24.0 Å². The Balaban J connectivity index is 1.69. The molecule has 0 aliphatic carbocycles. The predicted octanol–water partition coefficient (Wildman–Crippen LogP) is 0.916. The fourth-order valence-electron chi connectivity index (χ4n) is 3.79. The average molecular weight is 492 g/mol. The molecule has 2 aliphatic heterocycles. The van der Waals surface area contributed by atoms with Crippen LogP contribution in [0.5, 0.6) is 0 Å². The molecular weight excluding hydrogens is 462 g/mol. The minimum absolute atomic E-state index is 0.0449. The molecule has 0 spiro atoms. The van der Waals surface area contributed by atoms with Crippen LogP contribution < -0.4 is 15.5 Å². The summed E-state index contributed by atoms with van der Waals surface area (Å²) in [5, 5.41) is 12.7. The van der Waals surface area contributed by atoms with Crippen LogP contribution in [0, 0.1) is 23.2 Å². The maximum Gasteiger partial charge on any atom is 0.255 e. The van der Waals surface area contributed by atoms with E-state index in [4.69, 9.17) is 5.41 Å². The van der Waals surface area contributed by atoms with Crippen LogP contribution in [-0.2, 0) is 14.4 Å². The van der Waals surface area contributed by atoms with Gasteiger partial charge in [-0.1, -0.05) is 11.8 Å². The molecule has 3 amide bonds. The van der Waals surface area contributed by atoms with Gasteiger partial charge < -0.3 is 25.3 Å². The lowest BCUT2D eigenvalue weighted by atomic mass is 9.97. The molecule has 1 aromatic carbocycles. The number of likely N-dealkylation sites (N-methyl/N-ethyl adjacent to an activating group) is 1. The van der Waals surface area contributed by atoms with Gasteiger partial charge in [0, 0.05) is 50.2 Å². The van der Waals surface area contributed by atoms with E-state index in [2.05, 4.69) is 22.5 Å². The molecule has 36 heavy (non-hydrogen) atoms. The van der Waals surface area contributed by atoms with Gasteiger partial charge in [-0.2, -0.15) is 0 Å². The first kappa shape index (κ1) is 26.3. The van der Waals surface area contributed by atoms with Crippen LogP contribution in [0.15, 0.2) is 30.0 Å². The van der Waals surface area contributed by atoms with E-state index in [1.807, 2.05) is 4.90 Å². The number of piperidine rings is 1. The Morgan fingerprint density at radius 2 is 2.00 bits per heavy atom. The van der Waals surface area contributed by atoms with Crippen LogP contribution in [0.4, 0.5) is 5.69 Å². The number of anilines is 1. The van der Waals surface area contributed by atoms with Crippen molar-refractivity contribution in [1.29, 1.82) is 5.41 Å². The summed E-state index contributed by atoms with van der Waals surface area (Å²) in [4.78, 5) is 62.7. The van der Waals surface area contributed by atoms with Crippen molar-refractivity contribution in [3.05, 3.63) is 41.1 Å². The molecule has 2 saturated heterocycles. The van der Waals surface area contributed by atoms with Crippen LogP contribution >= 0.6 is 0 Å². The number of aldehydes is 2. The number of nitrogens with one attached hydrogen (secondary N) is 3. The van der Waals surface area contributed by atoms with Gasteiger partial charge in [0.2, 0.25) is 11.8 Å². The maximum absolute atomic E-state index is 13.2. The average Bonchev–Trinajstić information content (AvgIpc) is 2.83. The number of imide groups is 1. The maximum atomic E-state index is 13.2. The van der Waals surface area contributed by atoms with Crippen LogP contribution in [0.3, 0.4) is 0 Å². The molecule has 0 bridgehead atoms. The number of amides is 3. The highest BCUT2D eigenvalue weighted by Gasteiger charge is 2.34. The topological polar surface area (TPSA) is 140 Å². The monoisotopic (exact) mass is 491 g/mol. The minimum atomic E-state index is -0.787. The summed E-state index contributed by atoms with van der Waals surface area (Å²) in [5.41, 5.74) is 0.838. The summed E-state index contributed by atoms with van der Waals surface area (Å²) in [5.74, 6) is 4.72. The van der Waals surface area contributed by atoms with Gasteiger partial charge in [0.25, 0.3) is 5.91 Å². The van der Waals surface area contributed by atoms with Gasteiger partial charge in [0.1, 0.15) is 12.3 Å². The Bertz CT molecular complexity index is 1190. The Hall–Kier alpha value is -4.26. The first-order chi connectivity index (χ1) is 17.1. The molecule has 3 N–H and O–H groups in total. The Kier molecular flexibility index (Phi) is 8.04. The molecule has 2 heterocycles. The summed E-state index contributed by atoms with van der Waals surface area (Å²) >= 11 is 0. The van der Waals surface area contributed by atoms with Crippen molar-refractivity contribution in [1.82, 2.24) is 15.5 Å². The van der Waals surface area contributed by atoms with Gasteiger partial charge in [-0.05, 0) is 38.5 Å². The van der Waals surface area contributed by atoms with Gasteiger partial charge in [-0.15, -0.1) is 0 Å². The van der Waals surface area contributed by atoms with Crippen LogP contribution in [0.1, 0.15) is 47.4 Å². The van der Waals surface area contributed by atoms with Crippen molar-refractivity contribution in [2.24, 2.45) is 5.92 Å². The van der Waals surface area contributed by atoms with E-state index in [-0.39, 0.29) is 35.8 Å². The summed E-state index contributed by atoms with van der Waals surface area (Å²) in [6.45, 7) is 4.63. The van der Waals surface area contributed by atoms with Crippen LogP contribution in [0.2, 0.25) is 0 Å². The molecule has 1 unspecified atom stereocenters. The van der Waals surface area contributed by atoms with E-state index in [9.17, 15) is 24.0 Å². The van der Waals surface area contributed by atoms with Gasteiger partial charge in [-0.25, -0.2) is 0 Å². The third-order valence-corrected chi connectivity index (χ3v) is 6.11. The smallest absolute Gasteiger partial charge is 0.255 e. The van der Waals surface area contributed by atoms with Crippen LogP contribution in [-0.4, -0.2) is 73.1 Å². The number of hydrogen-bond acceptors (Lipinski definition) is 8. The molecule has 1 atom stereocenters. The Morgan fingerprint density at radius 3 is 2.61 bits per heavy atom. The molecule has 0 radical (unpaired) electrons. The van der Waals surface area contributed by atoms with Gasteiger partial charge >= 0.3 is 0 Å². The number of benzene rings is 1. The minimum Gasteiger partial charge on any atom is -0.378 e. The predicted molar refractivity (Wildman–Crippen MR) is 134 cm³/mol. The number of carbonyl (C=O) groups is 5. The van der Waals surface area contributed by atoms with Crippen molar-refractivity contribution in [2.45, 2.75) is 38.3 Å². The third-order valence-electron chi connectivity index (χ3n) is 6.11. The summed E-state index contributed by atoms with van der Waals surface area (Å²) < 4.78 is 0. The zero-order valence-corrected chi connectivity index (χ0v) is 20.5. The van der Waals surface area contributed by atoms with Crippen molar-refractivity contribution in [3.8, 4) is 11.8 Å². The Labute approximate surface area is 209 Å². The lowest BCUT2D eigenvalue weighted by molar-refractivity contribution is -0.136. The highest BCUT2D eigenvalue weighted by Crippen LogP contribution is 2.27. The number of nitrogens with zero attached hydrogens (tertiary/aromatic N) is 2. The van der Waals surface area contributed by atoms with Crippen LogP contribution in [0.25, 0.3) is 0 Å². The highest BCUT2D eigenvalue weighted by molar-refractivity contribution is 6.06. The van der Waals surface area contributed by atoms with Crippen molar-refractivity contribution >= 4 is 42.2 Å². The lowest BCUT2D eigenvalue weighted by Gasteiger charge is -2.38. The van der Waals surface area contributed by atoms with Gasteiger partial charge in [0.15, 0.2) is 6.29 Å². The SMILES string of the molecule is CN(C(=O)c1cc(N2CC(C#C/C(C=N)=C/NC(C)(C)C=O)C2)ccc1C=O)C1CCC(=O)NC1=O. The zero-order valence-electron chi connectivity index (χ0n) is 20.5. The van der Waals surface area contributed by atoms with E-state index in [1.54, 1.807) is 38.2 Å². The van der Waals surface area contributed by atoms with Crippen molar-refractivity contribution in [2.75, 3.05) is 25.0 Å². The van der Waals surface area contributed by atoms with E-state index in [0.29, 0.717) is 24.9 Å². The van der Waals surface area contributed by atoms with E-state index in [1.165, 1.54) is 11.9 Å². The normalized spacial score (nSPS) is 18.2. The van der Waals surface area contributed by atoms with E-state index in [0.717, 1.165) is 18.2 Å². The second kappa shape index (κ2) is 11.0. The largest absolute Gasteiger partial charge is 0.378 e. The standard InChI is InChI=1S/C26H29N5O5/c1-26(2,16-33)28-12-17(11-27)4-5-18-13-31(14-18)20-7-6-19(15-32)21(10-20)25(36)30(3)22-8-9-23(34)29-24(22)35/h6-7,10-12,15-16,18,22,27-28H,8-9,13-14H2,1-3H3,(H,29,34,35)/b17-12-,27-11?.